The quantitative estimate of drug-likeness (QED) is 0.745. The molecule has 16 heavy (non-hydrogen) atoms. The van der Waals surface area contributed by atoms with Gasteiger partial charge in [-0.2, -0.15) is 0 Å². The summed E-state index contributed by atoms with van der Waals surface area (Å²) in [6, 6.07) is 5.37. The lowest BCUT2D eigenvalue weighted by atomic mass is 9.97. The molecule has 2 unspecified atom stereocenters. The second-order valence-electron chi connectivity index (χ2n) is 4.51. The van der Waals surface area contributed by atoms with E-state index in [-0.39, 0.29) is 17.7 Å². The fraction of sp³-hybridized carbons (Fsp3) is 0.417. The number of fused-ring (bicyclic) bond motifs is 3. The van der Waals surface area contributed by atoms with Crippen LogP contribution < -0.4 is 4.90 Å². The van der Waals surface area contributed by atoms with E-state index in [4.69, 9.17) is 5.11 Å². The van der Waals surface area contributed by atoms with Gasteiger partial charge in [-0.3, -0.25) is 4.79 Å². The molecule has 0 radical (unpaired) electrons. The van der Waals surface area contributed by atoms with Crippen molar-refractivity contribution in [1.82, 2.24) is 0 Å². The molecule has 0 aliphatic carbocycles. The van der Waals surface area contributed by atoms with Crippen LogP contribution in [-0.2, 0) is 11.2 Å². The fourth-order valence-electron chi connectivity index (χ4n) is 2.93. The Labute approximate surface area is 93.1 Å². The SMILES string of the molecule is O=C(O)C1CCN2c3ccc(O)cc3CC12. The maximum absolute atomic E-state index is 11.1. The van der Waals surface area contributed by atoms with Crippen molar-refractivity contribution in [3.8, 4) is 5.75 Å². The lowest BCUT2D eigenvalue weighted by molar-refractivity contribution is -0.141. The first kappa shape index (κ1) is 9.51. The van der Waals surface area contributed by atoms with Crippen molar-refractivity contribution < 1.29 is 15.0 Å². The minimum absolute atomic E-state index is 0.0781. The van der Waals surface area contributed by atoms with Crippen LogP contribution in [0.25, 0.3) is 0 Å². The number of hydrogen-bond donors (Lipinski definition) is 2. The summed E-state index contributed by atoms with van der Waals surface area (Å²) >= 11 is 0. The molecule has 2 N–H and O–H groups in total. The van der Waals surface area contributed by atoms with Crippen LogP contribution in [0.5, 0.6) is 5.75 Å². The summed E-state index contributed by atoms with van der Waals surface area (Å²) in [6.07, 6.45) is 1.46. The number of hydrogen-bond acceptors (Lipinski definition) is 3. The van der Waals surface area contributed by atoms with Crippen molar-refractivity contribution in [3.63, 3.8) is 0 Å². The maximum atomic E-state index is 11.1. The van der Waals surface area contributed by atoms with Crippen molar-refractivity contribution >= 4 is 11.7 Å². The molecule has 2 atom stereocenters. The zero-order valence-corrected chi connectivity index (χ0v) is 8.76. The molecule has 2 heterocycles. The Hall–Kier alpha value is -1.71. The molecule has 0 aromatic heterocycles. The van der Waals surface area contributed by atoms with E-state index in [9.17, 15) is 9.90 Å². The molecule has 1 saturated heterocycles. The van der Waals surface area contributed by atoms with E-state index < -0.39 is 5.97 Å². The summed E-state index contributed by atoms with van der Waals surface area (Å²) in [5, 5.41) is 18.5. The summed E-state index contributed by atoms with van der Waals surface area (Å²) in [5.74, 6) is -0.717. The molecule has 4 nitrogen and oxygen atoms in total. The molecule has 0 spiro atoms. The van der Waals surface area contributed by atoms with Gasteiger partial charge in [0.05, 0.1) is 5.92 Å². The summed E-state index contributed by atoms with van der Waals surface area (Å²) < 4.78 is 0. The first-order valence-electron chi connectivity index (χ1n) is 5.48. The van der Waals surface area contributed by atoms with Crippen LogP contribution in [0.4, 0.5) is 5.69 Å². The van der Waals surface area contributed by atoms with Gasteiger partial charge < -0.3 is 15.1 Å². The summed E-state index contributed by atoms with van der Waals surface area (Å²) in [7, 11) is 0. The van der Waals surface area contributed by atoms with Crippen molar-refractivity contribution in [2.24, 2.45) is 5.92 Å². The smallest absolute Gasteiger partial charge is 0.308 e. The Balaban J connectivity index is 1.97. The standard InChI is InChI=1S/C12H13NO3/c14-8-1-2-10-7(5-8)6-11-9(12(15)16)3-4-13(10)11/h1-2,5,9,11,14H,3-4,6H2,(H,15,16). The predicted molar refractivity (Wildman–Crippen MR) is 58.7 cm³/mol. The molecule has 1 aromatic carbocycles. The minimum Gasteiger partial charge on any atom is -0.508 e. The lowest BCUT2D eigenvalue weighted by Crippen LogP contribution is -2.32. The number of aromatic hydroxyl groups is 1. The molecular weight excluding hydrogens is 206 g/mol. The van der Waals surface area contributed by atoms with Gasteiger partial charge in [0.25, 0.3) is 0 Å². The molecule has 3 rings (SSSR count). The van der Waals surface area contributed by atoms with Crippen LogP contribution in [0.1, 0.15) is 12.0 Å². The van der Waals surface area contributed by atoms with Crippen LogP contribution in [0.2, 0.25) is 0 Å². The molecule has 1 fully saturated rings. The largest absolute Gasteiger partial charge is 0.508 e. The Kier molecular flexibility index (Phi) is 1.87. The van der Waals surface area contributed by atoms with Gasteiger partial charge >= 0.3 is 5.97 Å². The number of phenolic OH excluding ortho intramolecular Hbond substituents is 1. The number of carboxylic acid groups (broad SMARTS) is 1. The number of nitrogens with zero attached hydrogens (tertiary/aromatic N) is 1. The normalized spacial score (nSPS) is 26.6. The maximum Gasteiger partial charge on any atom is 0.308 e. The van der Waals surface area contributed by atoms with E-state index >= 15 is 0 Å². The van der Waals surface area contributed by atoms with Crippen LogP contribution in [-0.4, -0.2) is 28.8 Å². The van der Waals surface area contributed by atoms with Crippen LogP contribution in [0.15, 0.2) is 18.2 Å². The monoisotopic (exact) mass is 219 g/mol. The van der Waals surface area contributed by atoms with E-state index in [2.05, 4.69) is 4.90 Å². The third-order valence-electron chi connectivity index (χ3n) is 3.66. The van der Waals surface area contributed by atoms with Gasteiger partial charge in [-0.05, 0) is 36.6 Å². The van der Waals surface area contributed by atoms with Gasteiger partial charge in [0, 0.05) is 18.3 Å². The van der Waals surface area contributed by atoms with Crippen molar-refractivity contribution in [2.75, 3.05) is 11.4 Å². The molecule has 0 amide bonds. The molecule has 4 heteroatoms. The van der Waals surface area contributed by atoms with E-state index in [0.29, 0.717) is 0 Å². The average molecular weight is 219 g/mol. The van der Waals surface area contributed by atoms with Gasteiger partial charge in [-0.1, -0.05) is 0 Å². The highest BCUT2D eigenvalue weighted by Gasteiger charge is 2.43. The Bertz CT molecular complexity index is 458. The van der Waals surface area contributed by atoms with E-state index in [1.807, 2.05) is 6.07 Å². The highest BCUT2D eigenvalue weighted by Crippen LogP contribution is 2.41. The van der Waals surface area contributed by atoms with Crippen molar-refractivity contribution in [3.05, 3.63) is 23.8 Å². The summed E-state index contributed by atoms with van der Waals surface area (Å²) in [4.78, 5) is 13.2. The zero-order chi connectivity index (χ0) is 11.3. The summed E-state index contributed by atoms with van der Waals surface area (Å²) in [5.41, 5.74) is 2.16. The topological polar surface area (TPSA) is 60.8 Å². The first-order chi connectivity index (χ1) is 7.66. The van der Waals surface area contributed by atoms with Crippen LogP contribution in [0, 0.1) is 5.92 Å². The van der Waals surface area contributed by atoms with Gasteiger partial charge in [0.15, 0.2) is 0 Å². The number of anilines is 1. The van der Waals surface area contributed by atoms with Gasteiger partial charge in [0.2, 0.25) is 0 Å². The van der Waals surface area contributed by atoms with Gasteiger partial charge in [0.1, 0.15) is 5.75 Å². The lowest BCUT2D eigenvalue weighted by Gasteiger charge is -2.20. The third kappa shape index (κ3) is 1.19. The van der Waals surface area contributed by atoms with Crippen LogP contribution >= 0.6 is 0 Å². The molecule has 1 aromatic rings. The molecular formula is C12H13NO3. The number of benzene rings is 1. The molecule has 0 bridgehead atoms. The molecule has 2 aliphatic rings. The van der Waals surface area contributed by atoms with Crippen molar-refractivity contribution in [1.29, 1.82) is 0 Å². The highest BCUT2D eigenvalue weighted by atomic mass is 16.4. The van der Waals surface area contributed by atoms with Gasteiger partial charge in [-0.25, -0.2) is 0 Å². The zero-order valence-electron chi connectivity index (χ0n) is 8.76. The Morgan fingerprint density at radius 1 is 1.44 bits per heavy atom. The number of phenols is 1. The fourth-order valence-corrected chi connectivity index (χ4v) is 2.93. The van der Waals surface area contributed by atoms with E-state index in [1.165, 1.54) is 0 Å². The number of carbonyl (C=O) groups is 1. The van der Waals surface area contributed by atoms with E-state index in [0.717, 1.165) is 30.6 Å². The van der Waals surface area contributed by atoms with Gasteiger partial charge in [-0.15, -0.1) is 0 Å². The second-order valence-corrected chi connectivity index (χ2v) is 4.51. The number of rotatable bonds is 1. The molecule has 0 saturated carbocycles. The van der Waals surface area contributed by atoms with Crippen molar-refractivity contribution in [2.45, 2.75) is 18.9 Å². The molecule has 2 aliphatic heterocycles. The average Bonchev–Trinajstić information content (AvgIpc) is 2.74. The Morgan fingerprint density at radius 3 is 3.00 bits per heavy atom. The molecule has 84 valence electrons. The third-order valence-corrected chi connectivity index (χ3v) is 3.66. The van der Waals surface area contributed by atoms with Crippen LogP contribution in [0.3, 0.4) is 0 Å². The second kappa shape index (κ2) is 3.14. The Morgan fingerprint density at radius 2 is 2.25 bits per heavy atom. The number of carboxylic acids is 1. The predicted octanol–water partition coefficient (Wildman–Crippen LogP) is 1.23. The summed E-state index contributed by atoms with van der Waals surface area (Å²) in [6.45, 7) is 0.805. The highest BCUT2D eigenvalue weighted by molar-refractivity contribution is 5.75. The minimum atomic E-state index is -0.704. The number of aliphatic carboxylic acids is 1. The van der Waals surface area contributed by atoms with E-state index in [1.54, 1.807) is 12.1 Å². The first-order valence-corrected chi connectivity index (χ1v) is 5.48.